The van der Waals surface area contributed by atoms with Crippen molar-refractivity contribution in [2.75, 3.05) is 19.0 Å². The molecule has 2 aromatic rings. The van der Waals surface area contributed by atoms with Crippen LogP contribution in [0.3, 0.4) is 0 Å². The molecule has 0 spiro atoms. The van der Waals surface area contributed by atoms with Gasteiger partial charge < -0.3 is 19.5 Å². The lowest BCUT2D eigenvalue weighted by Crippen LogP contribution is -2.21. The van der Waals surface area contributed by atoms with E-state index in [1.807, 2.05) is 0 Å². The molecule has 0 atom stereocenters. The first-order chi connectivity index (χ1) is 13.9. The minimum atomic E-state index is -2.95. The number of nitriles is 1. The topological polar surface area (TPSA) is 97.6 Å². The fourth-order valence-electron chi connectivity index (χ4n) is 2.13. The van der Waals surface area contributed by atoms with E-state index in [9.17, 15) is 18.4 Å². The van der Waals surface area contributed by atoms with Crippen molar-refractivity contribution in [2.45, 2.75) is 6.61 Å². The number of rotatable bonds is 8. The van der Waals surface area contributed by atoms with Gasteiger partial charge in [-0.25, -0.2) is 4.79 Å². The number of amides is 1. The summed E-state index contributed by atoms with van der Waals surface area (Å²) in [6.45, 7) is -3.58. The van der Waals surface area contributed by atoms with Crippen LogP contribution < -0.4 is 14.8 Å². The highest BCUT2D eigenvalue weighted by Gasteiger charge is 2.13. The van der Waals surface area contributed by atoms with Crippen molar-refractivity contribution in [1.29, 1.82) is 5.26 Å². The Labute approximate surface area is 165 Å². The maximum absolute atomic E-state index is 12.1. The molecule has 0 unspecified atom stereocenters. The molecule has 1 amide bonds. The van der Waals surface area contributed by atoms with Gasteiger partial charge in [0.2, 0.25) is 0 Å². The van der Waals surface area contributed by atoms with Crippen molar-refractivity contribution in [3.05, 3.63) is 59.7 Å². The average Bonchev–Trinajstić information content (AvgIpc) is 2.71. The number of nitrogens with zero attached hydrogens (tertiary/aromatic N) is 1. The molecule has 0 saturated carbocycles. The minimum absolute atomic E-state index is 0.0632. The Morgan fingerprint density at radius 2 is 1.72 bits per heavy atom. The second kappa shape index (κ2) is 10.4. The van der Waals surface area contributed by atoms with Gasteiger partial charge >= 0.3 is 12.6 Å². The summed E-state index contributed by atoms with van der Waals surface area (Å²) in [5, 5.41) is 11.6. The Morgan fingerprint density at radius 3 is 2.28 bits per heavy atom. The van der Waals surface area contributed by atoms with Crippen LogP contribution in [-0.2, 0) is 14.3 Å². The maximum Gasteiger partial charge on any atom is 0.387 e. The number of hydrogen-bond donors (Lipinski definition) is 1. The highest BCUT2D eigenvalue weighted by Crippen LogP contribution is 2.18. The van der Waals surface area contributed by atoms with Crippen molar-refractivity contribution in [3.63, 3.8) is 0 Å². The number of benzene rings is 2. The Balaban J connectivity index is 1.89. The fourth-order valence-corrected chi connectivity index (χ4v) is 2.13. The number of esters is 1. The van der Waals surface area contributed by atoms with Crippen LogP contribution in [0, 0.1) is 11.3 Å². The molecule has 0 aliphatic heterocycles. The third-order valence-electron chi connectivity index (χ3n) is 3.46. The lowest BCUT2D eigenvalue weighted by atomic mass is 10.1. The molecular formula is C20H16F2N2O5. The van der Waals surface area contributed by atoms with Gasteiger partial charge in [-0.2, -0.15) is 14.0 Å². The van der Waals surface area contributed by atoms with Gasteiger partial charge in [-0.05, 0) is 48.0 Å². The molecule has 150 valence electrons. The number of carbonyl (C=O) groups excluding carboxylic acids is 2. The summed E-state index contributed by atoms with van der Waals surface area (Å²) in [5.41, 5.74) is 0.591. The number of alkyl halides is 2. The van der Waals surface area contributed by atoms with Gasteiger partial charge in [-0.3, -0.25) is 4.79 Å². The summed E-state index contributed by atoms with van der Waals surface area (Å²) in [6, 6.07) is 13.5. The first-order valence-corrected chi connectivity index (χ1v) is 8.19. The van der Waals surface area contributed by atoms with E-state index < -0.39 is 25.1 Å². The molecule has 0 aliphatic carbocycles. The molecule has 2 aromatic carbocycles. The van der Waals surface area contributed by atoms with E-state index in [0.717, 1.165) is 0 Å². The normalized spacial score (nSPS) is 10.8. The van der Waals surface area contributed by atoms with E-state index in [1.165, 1.54) is 37.5 Å². The highest BCUT2D eigenvalue weighted by atomic mass is 19.3. The van der Waals surface area contributed by atoms with Crippen molar-refractivity contribution in [1.82, 2.24) is 0 Å². The van der Waals surface area contributed by atoms with Gasteiger partial charge in [-0.1, -0.05) is 12.1 Å². The zero-order valence-corrected chi connectivity index (χ0v) is 15.2. The molecule has 29 heavy (non-hydrogen) atoms. The van der Waals surface area contributed by atoms with Crippen molar-refractivity contribution >= 4 is 23.6 Å². The zero-order valence-electron chi connectivity index (χ0n) is 15.2. The number of anilines is 1. The molecular weight excluding hydrogens is 386 g/mol. The first kappa shape index (κ1) is 21.4. The Hall–Kier alpha value is -3.93. The maximum atomic E-state index is 12.1. The summed E-state index contributed by atoms with van der Waals surface area (Å²) in [5.74, 6) is -1.07. The zero-order chi connectivity index (χ0) is 21.2. The van der Waals surface area contributed by atoms with Crippen LogP contribution >= 0.6 is 0 Å². The number of nitrogens with one attached hydrogen (secondary N) is 1. The minimum Gasteiger partial charge on any atom is -0.497 e. The molecule has 0 saturated heterocycles. The van der Waals surface area contributed by atoms with E-state index in [-0.39, 0.29) is 11.3 Å². The smallest absolute Gasteiger partial charge is 0.387 e. The van der Waals surface area contributed by atoms with Gasteiger partial charge in [0, 0.05) is 5.69 Å². The van der Waals surface area contributed by atoms with Crippen molar-refractivity contribution in [2.24, 2.45) is 0 Å². The molecule has 7 nitrogen and oxygen atoms in total. The molecule has 2 rings (SSSR count). The predicted molar refractivity (Wildman–Crippen MR) is 99.2 cm³/mol. The largest absolute Gasteiger partial charge is 0.497 e. The number of hydrogen-bond acceptors (Lipinski definition) is 6. The van der Waals surface area contributed by atoms with Crippen LogP contribution in [0.1, 0.15) is 5.56 Å². The lowest BCUT2D eigenvalue weighted by molar-refractivity contribution is -0.142. The fraction of sp³-hybridized carbons (Fsp3) is 0.150. The summed E-state index contributed by atoms with van der Waals surface area (Å²) >= 11 is 0. The molecule has 0 bridgehead atoms. The van der Waals surface area contributed by atoms with Crippen LogP contribution in [0.15, 0.2) is 54.1 Å². The lowest BCUT2D eigenvalue weighted by Gasteiger charge is -2.08. The summed E-state index contributed by atoms with van der Waals surface area (Å²) in [4.78, 5) is 23.9. The quantitative estimate of drug-likeness (QED) is 0.413. The van der Waals surface area contributed by atoms with E-state index in [1.54, 1.807) is 30.3 Å². The second-order valence-corrected chi connectivity index (χ2v) is 5.47. The number of methoxy groups -OCH3 is 1. The van der Waals surface area contributed by atoms with E-state index in [0.29, 0.717) is 17.0 Å². The number of halogens is 2. The van der Waals surface area contributed by atoms with Gasteiger partial charge in [-0.15, -0.1) is 0 Å². The third kappa shape index (κ3) is 6.95. The molecule has 0 aromatic heterocycles. The second-order valence-electron chi connectivity index (χ2n) is 5.47. The van der Waals surface area contributed by atoms with Crippen LogP contribution in [0.4, 0.5) is 14.5 Å². The number of carbonyl (C=O) groups is 2. The standard InChI is InChI=1S/C20H16F2N2O5/c1-27-16-6-2-13(3-7-16)10-14(11-23)19(26)28-12-18(25)24-15-4-8-17(9-5-15)29-20(21)22/h2-10,20H,12H2,1H3,(H,24,25)/b14-10+. The Morgan fingerprint density at radius 1 is 1.10 bits per heavy atom. The predicted octanol–water partition coefficient (Wildman–Crippen LogP) is 3.39. The van der Waals surface area contributed by atoms with Crippen LogP contribution in [0.25, 0.3) is 6.08 Å². The van der Waals surface area contributed by atoms with E-state index in [2.05, 4.69) is 10.1 Å². The van der Waals surface area contributed by atoms with Crippen LogP contribution in [0.5, 0.6) is 11.5 Å². The highest BCUT2D eigenvalue weighted by molar-refractivity contribution is 6.00. The molecule has 0 aliphatic rings. The van der Waals surface area contributed by atoms with Gasteiger partial charge in [0.05, 0.1) is 7.11 Å². The van der Waals surface area contributed by atoms with Crippen molar-refractivity contribution in [3.8, 4) is 17.6 Å². The molecule has 0 fully saturated rings. The van der Waals surface area contributed by atoms with Gasteiger partial charge in [0.15, 0.2) is 6.61 Å². The van der Waals surface area contributed by atoms with E-state index in [4.69, 9.17) is 14.7 Å². The third-order valence-corrected chi connectivity index (χ3v) is 3.46. The monoisotopic (exact) mass is 402 g/mol. The Bertz CT molecular complexity index is 919. The average molecular weight is 402 g/mol. The van der Waals surface area contributed by atoms with Gasteiger partial charge in [0.1, 0.15) is 23.1 Å². The first-order valence-electron chi connectivity index (χ1n) is 8.19. The van der Waals surface area contributed by atoms with Gasteiger partial charge in [0.25, 0.3) is 5.91 Å². The summed E-state index contributed by atoms with van der Waals surface area (Å²) in [7, 11) is 1.51. The van der Waals surface area contributed by atoms with Crippen LogP contribution in [-0.4, -0.2) is 32.2 Å². The van der Waals surface area contributed by atoms with E-state index >= 15 is 0 Å². The number of ether oxygens (including phenoxy) is 3. The summed E-state index contributed by atoms with van der Waals surface area (Å²) in [6.07, 6.45) is 1.32. The molecule has 0 heterocycles. The SMILES string of the molecule is COc1ccc(/C=C(\C#N)C(=O)OCC(=O)Nc2ccc(OC(F)F)cc2)cc1. The van der Waals surface area contributed by atoms with Crippen molar-refractivity contribution < 1.29 is 32.6 Å². The molecule has 0 radical (unpaired) electrons. The molecule has 1 N–H and O–H groups in total. The summed E-state index contributed by atoms with van der Waals surface area (Å²) < 4.78 is 38.2. The Kier molecular flexibility index (Phi) is 7.68. The van der Waals surface area contributed by atoms with Crippen LogP contribution in [0.2, 0.25) is 0 Å². The molecule has 9 heteroatoms.